The molecular formula is C23H18F3NO4. The van der Waals surface area contributed by atoms with Crippen LogP contribution in [-0.4, -0.2) is 18.0 Å². The lowest BCUT2D eigenvalue weighted by Gasteiger charge is -2.16. The summed E-state index contributed by atoms with van der Waals surface area (Å²) in [4.78, 5) is 24.9. The molecule has 0 fully saturated rings. The minimum absolute atomic E-state index is 0.0597. The van der Waals surface area contributed by atoms with E-state index in [1.165, 1.54) is 25.1 Å². The summed E-state index contributed by atoms with van der Waals surface area (Å²) in [6.45, 7) is 1.32. The number of benzene rings is 3. The lowest BCUT2D eigenvalue weighted by atomic mass is 10.2. The molecule has 5 nitrogen and oxygen atoms in total. The summed E-state index contributed by atoms with van der Waals surface area (Å²) in [6, 6.07) is 19.3. The van der Waals surface area contributed by atoms with Gasteiger partial charge in [0.05, 0.1) is 5.56 Å². The van der Waals surface area contributed by atoms with Crippen LogP contribution < -0.4 is 10.1 Å². The largest absolute Gasteiger partial charge is 0.456 e. The number of carbonyl (C=O) groups is 2. The number of carbonyl (C=O) groups excluding carboxylic acids is 2. The Labute approximate surface area is 176 Å². The van der Waals surface area contributed by atoms with E-state index in [0.717, 1.165) is 12.1 Å². The second-order valence-electron chi connectivity index (χ2n) is 6.53. The summed E-state index contributed by atoms with van der Waals surface area (Å²) in [5, 5.41) is 2.32. The SMILES string of the molecule is CC(OC(=O)c1ccccc1Oc1ccccc1)C(=O)Nc1cccc(C(F)(F)F)c1. The molecule has 0 aliphatic carbocycles. The molecule has 0 saturated carbocycles. The highest BCUT2D eigenvalue weighted by Crippen LogP contribution is 2.31. The third kappa shape index (κ3) is 5.85. The van der Waals surface area contributed by atoms with Gasteiger partial charge in [-0.3, -0.25) is 4.79 Å². The van der Waals surface area contributed by atoms with Crippen molar-refractivity contribution in [1.29, 1.82) is 0 Å². The first kappa shape index (κ1) is 21.9. The number of para-hydroxylation sites is 2. The van der Waals surface area contributed by atoms with Crippen molar-refractivity contribution in [2.24, 2.45) is 0 Å². The van der Waals surface area contributed by atoms with Crippen molar-refractivity contribution < 1.29 is 32.2 Å². The van der Waals surface area contributed by atoms with Crippen LogP contribution in [0.5, 0.6) is 11.5 Å². The normalized spacial score (nSPS) is 12.0. The molecule has 0 heterocycles. The average molecular weight is 429 g/mol. The Morgan fingerprint density at radius 3 is 2.29 bits per heavy atom. The number of esters is 1. The van der Waals surface area contributed by atoms with Gasteiger partial charge in [-0.2, -0.15) is 13.2 Å². The van der Waals surface area contributed by atoms with Gasteiger partial charge in [0.1, 0.15) is 17.1 Å². The second-order valence-corrected chi connectivity index (χ2v) is 6.53. The summed E-state index contributed by atoms with van der Waals surface area (Å²) < 4.78 is 49.4. The van der Waals surface area contributed by atoms with E-state index in [1.807, 2.05) is 6.07 Å². The van der Waals surface area contributed by atoms with Gasteiger partial charge in [0, 0.05) is 5.69 Å². The van der Waals surface area contributed by atoms with Crippen LogP contribution in [0.1, 0.15) is 22.8 Å². The molecule has 1 unspecified atom stereocenters. The summed E-state index contributed by atoms with van der Waals surface area (Å²) >= 11 is 0. The fourth-order valence-corrected chi connectivity index (χ4v) is 2.63. The van der Waals surface area contributed by atoms with Crippen molar-refractivity contribution in [1.82, 2.24) is 0 Å². The zero-order valence-electron chi connectivity index (χ0n) is 16.3. The van der Waals surface area contributed by atoms with Gasteiger partial charge in [0.25, 0.3) is 5.91 Å². The predicted octanol–water partition coefficient (Wildman–Crippen LogP) is 5.68. The molecule has 31 heavy (non-hydrogen) atoms. The molecule has 1 atom stereocenters. The molecule has 3 aromatic rings. The predicted molar refractivity (Wildman–Crippen MR) is 108 cm³/mol. The Bertz CT molecular complexity index is 1070. The first-order chi connectivity index (χ1) is 14.7. The number of alkyl halides is 3. The van der Waals surface area contributed by atoms with Crippen molar-refractivity contribution in [3.63, 3.8) is 0 Å². The summed E-state index contributed by atoms with van der Waals surface area (Å²) in [6.07, 6.45) is -5.80. The van der Waals surface area contributed by atoms with Gasteiger partial charge >= 0.3 is 12.1 Å². The van der Waals surface area contributed by atoms with Gasteiger partial charge in [-0.25, -0.2) is 4.79 Å². The summed E-state index contributed by atoms with van der Waals surface area (Å²) in [5.41, 5.74) is -0.859. The Morgan fingerprint density at radius 1 is 0.903 bits per heavy atom. The monoisotopic (exact) mass is 429 g/mol. The number of ether oxygens (including phenoxy) is 2. The van der Waals surface area contributed by atoms with Gasteiger partial charge in [0.2, 0.25) is 0 Å². The van der Waals surface area contributed by atoms with Crippen LogP contribution in [0, 0.1) is 0 Å². The van der Waals surface area contributed by atoms with Crippen LogP contribution in [0.3, 0.4) is 0 Å². The number of amides is 1. The molecule has 1 N–H and O–H groups in total. The molecular weight excluding hydrogens is 411 g/mol. The Balaban J connectivity index is 1.68. The lowest BCUT2D eigenvalue weighted by Crippen LogP contribution is -2.30. The first-order valence-electron chi connectivity index (χ1n) is 9.25. The zero-order chi connectivity index (χ0) is 22.4. The molecule has 0 radical (unpaired) electrons. The highest BCUT2D eigenvalue weighted by atomic mass is 19.4. The van der Waals surface area contributed by atoms with Crippen LogP contribution in [0.25, 0.3) is 0 Å². The van der Waals surface area contributed by atoms with Crippen LogP contribution in [-0.2, 0) is 15.7 Å². The van der Waals surface area contributed by atoms with Gasteiger partial charge in [0.15, 0.2) is 6.10 Å². The molecule has 3 rings (SSSR count). The van der Waals surface area contributed by atoms with E-state index in [-0.39, 0.29) is 17.0 Å². The van der Waals surface area contributed by atoms with Gasteiger partial charge in [-0.15, -0.1) is 0 Å². The maximum Gasteiger partial charge on any atom is 0.416 e. The number of anilines is 1. The van der Waals surface area contributed by atoms with E-state index in [0.29, 0.717) is 5.75 Å². The molecule has 0 aromatic heterocycles. The summed E-state index contributed by atoms with van der Waals surface area (Å²) in [7, 11) is 0. The molecule has 0 saturated heterocycles. The van der Waals surface area contributed by atoms with Crippen molar-refractivity contribution >= 4 is 17.6 Å². The Kier molecular flexibility index (Phi) is 6.59. The smallest absolute Gasteiger partial charge is 0.416 e. The van der Waals surface area contributed by atoms with E-state index in [9.17, 15) is 22.8 Å². The molecule has 3 aromatic carbocycles. The topological polar surface area (TPSA) is 64.6 Å². The van der Waals surface area contributed by atoms with Crippen molar-refractivity contribution in [2.45, 2.75) is 19.2 Å². The highest BCUT2D eigenvalue weighted by Gasteiger charge is 2.30. The van der Waals surface area contributed by atoms with E-state index in [1.54, 1.807) is 42.5 Å². The molecule has 0 aliphatic rings. The minimum atomic E-state index is -4.54. The average Bonchev–Trinajstić information content (AvgIpc) is 2.74. The standard InChI is InChI=1S/C23H18F3NO4/c1-15(21(28)27-17-9-7-8-16(14-17)23(24,25)26)30-22(29)19-12-5-6-13-20(19)31-18-10-3-2-4-11-18/h2-15H,1H3,(H,27,28). The van der Waals surface area contributed by atoms with Crippen LogP contribution in [0.4, 0.5) is 18.9 Å². The number of hydrogen-bond acceptors (Lipinski definition) is 4. The van der Waals surface area contributed by atoms with Crippen molar-refractivity contribution in [2.75, 3.05) is 5.32 Å². The first-order valence-corrected chi connectivity index (χ1v) is 9.25. The van der Waals surface area contributed by atoms with Gasteiger partial charge < -0.3 is 14.8 Å². The molecule has 1 amide bonds. The van der Waals surface area contributed by atoms with E-state index in [4.69, 9.17) is 9.47 Å². The molecule has 0 spiro atoms. The Morgan fingerprint density at radius 2 is 1.58 bits per heavy atom. The Hall–Kier alpha value is -3.81. The fraction of sp³-hybridized carbons (Fsp3) is 0.130. The van der Waals surface area contributed by atoms with Crippen LogP contribution in [0.15, 0.2) is 78.9 Å². The number of rotatable bonds is 6. The quantitative estimate of drug-likeness (QED) is 0.512. The lowest BCUT2D eigenvalue weighted by molar-refractivity contribution is -0.137. The van der Waals surface area contributed by atoms with Crippen molar-refractivity contribution in [3.05, 3.63) is 90.0 Å². The third-order valence-electron chi connectivity index (χ3n) is 4.19. The van der Waals surface area contributed by atoms with Gasteiger partial charge in [-0.05, 0) is 49.4 Å². The summed E-state index contributed by atoms with van der Waals surface area (Å²) in [5.74, 6) is -0.824. The molecule has 8 heteroatoms. The third-order valence-corrected chi connectivity index (χ3v) is 4.19. The van der Waals surface area contributed by atoms with Crippen LogP contribution in [0.2, 0.25) is 0 Å². The van der Waals surface area contributed by atoms with Crippen molar-refractivity contribution in [3.8, 4) is 11.5 Å². The maximum absolute atomic E-state index is 12.8. The number of hydrogen-bond donors (Lipinski definition) is 1. The number of nitrogens with one attached hydrogen (secondary N) is 1. The highest BCUT2D eigenvalue weighted by molar-refractivity contribution is 5.98. The zero-order valence-corrected chi connectivity index (χ0v) is 16.3. The molecule has 0 aliphatic heterocycles. The molecule has 160 valence electrons. The minimum Gasteiger partial charge on any atom is -0.456 e. The van der Waals surface area contributed by atoms with Gasteiger partial charge in [-0.1, -0.05) is 36.4 Å². The fourth-order valence-electron chi connectivity index (χ4n) is 2.63. The van der Waals surface area contributed by atoms with E-state index >= 15 is 0 Å². The van der Waals surface area contributed by atoms with Crippen LogP contribution >= 0.6 is 0 Å². The molecule has 0 bridgehead atoms. The second kappa shape index (κ2) is 9.34. The maximum atomic E-state index is 12.8. The number of halogens is 3. The van der Waals surface area contributed by atoms with E-state index < -0.39 is 29.7 Å². The van der Waals surface area contributed by atoms with E-state index in [2.05, 4.69) is 5.32 Å².